The van der Waals surface area contributed by atoms with Crippen LogP contribution in [0.2, 0.25) is 0 Å². The molecule has 2 aromatic rings. The van der Waals surface area contributed by atoms with Gasteiger partial charge in [-0.05, 0) is 28.5 Å². The molecule has 0 aliphatic carbocycles. The van der Waals surface area contributed by atoms with Crippen molar-refractivity contribution in [2.45, 2.75) is 0 Å². The number of imide groups is 1. The molecule has 98 valence electrons. The van der Waals surface area contributed by atoms with Gasteiger partial charge in [-0.1, -0.05) is 36.4 Å². The van der Waals surface area contributed by atoms with E-state index in [0.717, 1.165) is 10.8 Å². The third-order valence-electron chi connectivity index (χ3n) is 2.69. The molecule has 3 N–H and O–H groups in total. The molecule has 0 spiro atoms. The van der Waals surface area contributed by atoms with E-state index in [0.29, 0.717) is 5.56 Å². The highest BCUT2D eigenvalue weighted by Gasteiger charge is 2.10. The maximum absolute atomic E-state index is 11.5. The number of carbonyl (C=O) groups excluding carboxylic acids is 2. The normalized spacial score (nSPS) is 10.8. The van der Waals surface area contributed by atoms with Crippen LogP contribution in [-0.2, 0) is 4.79 Å². The fourth-order valence-electron chi connectivity index (χ4n) is 1.79. The van der Waals surface area contributed by atoms with Gasteiger partial charge in [-0.2, -0.15) is 5.26 Å². The first kappa shape index (κ1) is 13.3. The summed E-state index contributed by atoms with van der Waals surface area (Å²) < 4.78 is 0. The third kappa shape index (κ3) is 3.00. The van der Waals surface area contributed by atoms with Crippen molar-refractivity contribution in [3.05, 3.63) is 53.6 Å². The minimum Gasteiger partial charge on any atom is -0.351 e. The standard InChI is InChI=1S/C15H11N3O2/c16-9-13(14(19)18-15(17)20)8-10-5-6-11-3-1-2-4-12(11)7-10/h1-8H,(H3,17,18,19,20). The van der Waals surface area contributed by atoms with Crippen molar-refractivity contribution in [3.63, 3.8) is 0 Å². The Hall–Kier alpha value is -3.13. The summed E-state index contributed by atoms with van der Waals surface area (Å²) in [5, 5.41) is 12.9. The van der Waals surface area contributed by atoms with Crippen molar-refractivity contribution >= 4 is 28.8 Å². The molecule has 0 atom stereocenters. The Balaban J connectivity index is 2.37. The van der Waals surface area contributed by atoms with Crippen LogP contribution in [0.15, 0.2) is 48.0 Å². The molecule has 2 rings (SSSR count). The summed E-state index contributed by atoms with van der Waals surface area (Å²) in [5.74, 6) is -0.812. The van der Waals surface area contributed by atoms with Crippen LogP contribution in [0, 0.1) is 11.3 Å². The van der Waals surface area contributed by atoms with Gasteiger partial charge in [-0.25, -0.2) is 4.79 Å². The highest BCUT2D eigenvalue weighted by molar-refractivity contribution is 6.08. The number of fused-ring (bicyclic) bond motifs is 1. The maximum atomic E-state index is 11.5. The van der Waals surface area contributed by atoms with E-state index in [1.807, 2.05) is 41.7 Å². The number of rotatable bonds is 2. The smallest absolute Gasteiger partial charge is 0.319 e. The average Bonchev–Trinajstić information content (AvgIpc) is 2.43. The van der Waals surface area contributed by atoms with Gasteiger partial charge in [0.2, 0.25) is 0 Å². The van der Waals surface area contributed by atoms with Gasteiger partial charge in [-0.15, -0.1) is 0 Å². The summed E-state index contributed by atoms with van der Waals surface area (Å²) in [5.41, 5.74) is 5.36. The minimum absolute atomic E-state index is 0.181. The van der Waals surface area contributed by atoms with E-state index in [2.05, 4.69) is 0 Å². The molecule has 0 fully saturated rings. The number of carbonyl (C=O) groups is 2. The monoisotopic (exact) mass is 265 g/mol. The summed E-state index contributed by atoms with van der Waals surface area (Å²) in [7, 11) is 0. The van der Waals surface area contributed by atoms with Crippen LogP contribution >= 0.6 is 0 Å². The summed E-state index contributed by atoms with van der Waals surface area (Å²) in [6.45, 7) is 0. The van der Waals surface area contributed by atoms with Crippen LogP contribution < -0.4 is 11.1 Å². The molecule has 0 saturated carbocycles. The van der Waals surface area contributed by atoms with Crippen molar-refractivity contribution in [3.8, 4) is 6.07 Å². The molecular weight excluding hydrogens is 254 g/mol. The third-order valence-corrected chi connectivity index (χ3v) is 2.69. The summed E-state index contributed by atoms with van der Waals surface area (Å²) >= 11 is 0. The number of primary amides is 1. The second kappa shape index (κ2) is 5.67. The molecule has 5 heteroatoms. The van der Waals surface area contributed by atoms with Crippen LogP contribution in [-0.4, -0.2) is 11.9 Å². The van der Waals surface area contributed by atoms with E-state index in [4.69, 9.17) is 11.0 Å². The fourth-order valence-corrected chi connectivity index (χ4v) is 1.79. The van der Waals surface area contributed by atoms with Crippen LogP contribution in [0.3, 0.4) is 0 Å². The number of nitriles is 1. The van der Waals surface area contributed by atoms with Gasteiger partial charge >= 0.3 is 6.03 Å². The second-order valence-electron chi connectivity index (χ2n) is 4.09. The van der Waals surface area contributed by atoms with Gasteiger partial charge in [0.25, 0.3) is 5.91 Å². The Labute approximate surface area is 115 Å². The van der Waals surface area contributed by atoms with Gasteiger partial charge in [0.1, 0.15) is 11.6 Å². The molecule has 0 radical (unpaired) electrons. The molecule has 2 aromatic carbocycles. The topological polar surface area (TPSA) is 96.0 Å². The van der Waals surface area contributed by atoms with Gasteiger partial charge in [-0.3, -0.25) is 10.1 Å². The summed E-state index contributed by atoms with van der Waals surface area (Å²) in [6.07, 6.45) is 1.41. The van der Waals surface area contributed by atoms with E-state index in [1.54, 1.807) is 12.1 Å². The number of nitrogens with zero attached hydrogens (tertiary/aromatic N) is 1. The van der Waals surface area contributed by atoms with Crippen LogP contribution in [0.1, 0.15) is 5.56 Å². The molecule has 0 unspecified atom stereocenters. The SMILES string of the molecule is N#CC(=Cc1ccc2ccccc2c1)C(=O)NC(N)=O. The first-order valence-electron chi connectivity index (χ1n) is 5.81. The molecule has 5 nitrogen and oxygen atoms in total. The lowest BCUT2D eigenvalue weighted by molar-refractivity contribution is -0.115. The number of hydrogen-bond donors (Lipinski definition) is 2. The van der Waals surface area contributed by atoms with E-state index in [9.17, 15) is 9.59 Å². The molecule has 0 aromatic heterocycles. The molecule has 0 bridgehead atoms. The Kier molecular flexibility index (Phi) is 3.77. The molecule has 3 amide bonds. The fraction of sp³-hybridized carbons (Fsp3) is 0. The highest BCUT2D eigenvalue weighted by atomic mass is 16.2. The number of nitrogens with two attached hydrogens (primary N) is 1. The van der Waals surface area contributed by atoms with Gasteiger partial charge in [0, 0.05) is 0 Å². The molecule has 20 heavy (non-hydrogen) atoms. The average molecular weight is 265 g/mol. The largest absolute Gasteiger partial charge is 0.351 e. The number of hydrogen-bond acceptors (Lipinski definition) is 3. The molecular formula is C15H11N3O2. The zero-order valence-corrected chi connectivity index (χ0v) is 10.5. The first-order valence-corrected chi connectivity index (χ1v) is 5.81. The van der Waals surface area contributed by atoms with Crippen molar-refractivity contribution in [1.29, 1.82) is 5.26 Å². The van der Waals surface area contributed by atoms with E-state index in [-0.39, 0.29) is 5.57 Å². The quantitative estimate of drug-likeness (QED) is 0.641. The van der Waals surface area contributed by atoms with Gasteiger partial charge in [0.05, 0.1) is 0 Å². The van der Waals surface area contributed by atoms with Crippen LogP contribution in [0.25, 0.3) is 16.8 Å². The number of amides is 3. The summed E-state index contributed by atoms with van der Waals surface area (Å²) in [6, 6.07) is 14.0. The Morgan fingerprint density at radius 3 is 2.50 bits per heavy atom. The Morgan fingerprint density at radius 2 is 1.85 bits per heavy atom. The highest BCUT2D eigenvalue weighted by Crippen LogP contribution is 2.17. The number of urea groups is 1. The molecule has 0 aliphatic rings. The second-order valence-corrected chi connectivity index (χ2v) is 4.09. The van der Waals surface area contributed by atoms with E-state index < -0.39 is 11.9 Å². The predicted molar refractivity (Wildman–Crippen MR) is 75.3 cm³/mol. The lowest BCUT2D eigenvalue weighted by Crippen LogP contribution is -2.35. The molecule has 0 heterocycles. The number of benzene rings is 2. The maximum Gasteiger partial charge on any atom is 0.319 e. The van der Waals surface area contributed by atoms with Gasteiger partial charge < -0.3 is 5.73 Å². The van der Waals surface area contributed by atoms with Gasteiger partial charge in [0.15, 0.2) is 0 Å². The Morgan fingerprint density at radius 1 is 1.15 bits per heavy atom. The zero-order valence-electron chi connectivity index (χ0n) is 10.5. The van der Waals surface area contributed by atoms with Crippen molar-refractivity contribution in [1.82, 2.24) is 5.32 Å². The van der Waals surface area contributed by atoms with Crippen LogP contribution in [0.5, 0.6) is 0 Å². The lowest BCUT2D eigenvalue weighted by atomic mass is 10.1. The lowest BCUT2D eigenvalue weighted by Gasteiger charge is -2.01. The van der Waals surface area contributed by atoms with Crippen molar-refractivity contribution in [2.75, 3.05) is 0 Å². The van der Waals surface area contributed by atoms with Crippen molar-refractivity contribution < 1.29 is 9.59 Å². The predicted octanol–water partition coefficient (Wildman–Crippen LogP) is 1.94. The Bertz CT molecular complexity index is 757. The minimum atomic E-state index is -0.991. The van der Waals surface area contributed by atoms with E-state index in [1.165, 1.54) is 6.08 Å². The molecule has 0 aliphatic heterocycles. The molecule has 0 saturated heterocycles. The first-order chi connectivity index (χ1) is 9.60. The summed E-state index contributed by atoms with van der Waals surface area (Å²) in [4.78, 5) is 22.2. The van der Waals surface area contributed by atoms with Crippen LogP contribution in [0.4, 0.5) is 4.79 Å². The number of nitrogens with one attached hydrogen (secondary N) is 1. The van der Waals surface area contributed by atoms with Crippen molar-refractivity contribution in [2.24, 2.45) is 5.73 Å². The van der Waals surface area contributed by atoms with E-state index >= 15 is 0 Å². The zero-order chi connectivity index (χ0) is 14.5.